The maximum absolute atomic E-state index is 11.3. The van der Waals surface area contributed by atoms with E-state index in [0.717, 1.165) is 5.76 Å². The van der Waals surface area contributed by atoms with Crippen LogP contribution in [0.2, 0.25) is 0 Å². The second kappa shape index (κ2) is 4.98. The maximum Gasteiger partial charge on any atom is 0.246 e. The summed E-state index contributed by atoms with van der Waals surface area (Å²) < 4.78 is 10.4. The summed E-state index contributed by atoms with van der Waals surface area (Å²) in [6.07, 6.45) is 1.58. The van der Waals surface area contributed by atoms with E-state index >= 15 is 0 Å². The predicted molar refractivity (Wildman–Crippen MR) is 56.3 cm³/mol. The van der Waals surface area contributed by atoms with Crippen LogP contribution < -0.4 is 5.32 Å². The highest BCUT2D eigenvalue weighted by Crippen LogP contribution is 2.05. The van der Waals surface area contributed by atoms with Crippen LogP contribution in [0.4, 0.5) is 0 Å². The molecule has 1 amide bonds. The SMILES string of the molecule is CC(C)(C)OCC(=O)NCc1ccco1. The first-order valence-corrected chi connectivity index (χ1v) is 4.90. The van der Waals surface area contributed by atoms with Gasteiger partial charge in [0.25, 0.3) is 0 Å². The Morgan fingerprint density at radius 3 is 2.80 bits per heavy atom. The summed E-state index contributed by atoms with van der Waals surface area (Å²) in [5, 5.41) is 2.70. The fourth-order valence-corrected chi connectivity index (χ4v) is 0.932. The zero-order chi connectivity index (χ0) is 11.3. The van der Waals surface area contributed by atoms with Crippen LogP contribution in [0.3, 0.4) is 0 Å². The Labute approximate surface area is 89.6 Å². The highest BCUT2D eigenvalue weighted by molar-refractivity contribution is 5.77. The van der Waals surface area contributed by atoms with Gasteiger partial charge in [-0.25, -0.2) is 0 Å². The van der Waals surface area contributed by atoms with Gasteiger partial charge in [-0.15, -0.1) is 0 Å². The molecular weight excluding hydrogens is 194 g/mol. The topological polar surface area (TPSA) is 51.5 Å². The predicted octanol–water partition coefficient (Wildman–Crippen LogP) is 1.71. The van der Waals surface area contributed by atoms with Gasteiger partial charge in [-0.3, -0.25) is 4.79 Å². The molecule has 1 N–H and O–H groups in total. The van der Waals surface area contributed by atoms with E-state index in [4.69, 9.17) is 9.15 Å². The highest BCUT2D eigenvalue weighted by Gasteiger charge is 2.12. The van der Waals surface area contributed by atoms with Gasteiger partial charge < -0.3 is 14.5 Å². The first kappa shape index (κ1) is 11.8. The van der Waals surface area contributed by atoms with Crippen molar-refractivity contribution in [3.8, 4) is 0 Å². The van der Waals surface area contributed by atoms with Crippen molar-refractivity contribution >= 4 is 5.91 Å². The van der Waals surface area contributed by atoms with Gasteiger partial charge in [0.1, 0.15) is 12.4 Å². The fourth-order valence-electron chi connectivity index (χ4n) is 0.932. The van der Waals surface area contributed by atoms with Crippen molar-refractivity contribution in [1.29, 1.82) is 0 Å². The largest absolute Gasteiger partial charge is 0.467 e. The number of nitrogens with one attached hydrogen (secondary N) is 1. The van der Waals surface area contributed by atoms with Crippen molar-refractivity contribution in [3.63, 3.8) is 0 Å². The number of ether oxygens (including phenoxy) is 1. The molecule has 0 radical (unpaired) electrons. The molecular formula is C11H17NO3. The molecule has 1 heterocycles. The second-order valence-electron chi connectivity index (χ2n) is 4.26. The zero-order valence-corrected chi connectivity index (χ0v) is 9.37. The van der Waals surface area contributed by atoms with E-state index in [9.17, 15) is 4.79 Å². The Bertz CT molecular complexity index is 298. The summed E-state index contributed by atoms with van der Waals surface area (Å²) in [5.41, 5.74) is -0.290. The first-order valence-electron chi connectivity index (χ1n) is 4.90. The number of furan rings is 1. The molecule has 0 bridgehead atoms. The van der Waals surface area contributed by atoms with E-state index in [1.807, 2.05) is 26.8 Å². The lowest BCUT2D eigenvalue weighted by Crippen LogP contribution is -2.31. The molecule has 0 saturated heterocycles. The van der Waals surface area contributed by atoms with Gasteiger partial charge in [-0.05, 0) is 32.9 Å². The Balaban J connectivity index is 2.20. The molecule has 0 fully saturated rings. The van der Waals surface area contributed by atoms with Crippen molar-refractivity contribution in [3.05, 3.63) is 24.2 Å². The quantitative estimate of drug-likeness (QED) is 0.824. The van der Waals surface area contributed by atoms with Crippen LogP contribution in [0.25, 0.3) is 0 Å². The van der Waals surface area contributed by atoms with Crippen LogP contribution in [0.1, 0.15) is 26.5 Å². The van der Waals surface area contributed by atoms with E-state index in [1.54, 1.807) is 12.3 Å². The summed E-state index contributed by atoms with van der Waals surface area (Å²) in [7, 11) is 0. The van der Waals surface area contributed by atoms with Gasteiger partial charge in [0.15, 0.2) is 0 Å². The van der Waals surface area contributed by atoms with Gasteiger partial charge in [0.2, 0.25) is 5.91 Å². The molecule has 0 unspecified atom stereocenters. The zero-order valence-electron chi connectivity index (χ0n) is 9.37. The summed E-state index contributed by atoms with van der Waals surface area (Å²) in [4.78, 5) is 11.3. The average molecular weight is 211 g/mol. The third kappa shape index (κ3) is 5.22. The normalized spacial score (nSPS) is 11.4. The number of carbonyl (C=O) groups excluding carboxylic acids is 1. The van der Waals surface area contributed by atoms with Gasteiger partial charge in [-0.1, -0.05) is 0 Å². The van der Waals surface area contributed by atoms with Crippen LogP contribution in [0.15, 0.2) is 22.8 Å². The molecule has 4 nitrogen and oxygen atoms in total. The third-order valence-corrected chi connectivity index (χ3v) is 1.68. The van der Waals surface area contributed by atoms with Crippen molar-refractivity contribution in [2.24, 2.45) is 0 Å². The lowest BCUT2D eigenvalue weighted by atomic mass is 10.2. The van der Waals surface area contributed by atoms with Crippen molar-refractivity contribution in [2.45, 2.75) is 32.9 Å². The summed E-state index contributed by atoms with van der Waals surface area (Å²) in [5.74, 6) is 0.598. The van der Waals surface area contributed by atoms with Crippen LogP contribution in [-0.4, -0.2) is 18.1 Å². The third-order valence-electron chi connectivity index (χ3n) is 1.68. The molecule has 0 atom stereocenters. The number of hydrogen-bond donors (Lipinski definition) is 1. The van der Waals surface area contributed by atoms with Gasteiger partial charge in [0.05, 0.1) is 18.4 Å². The van der Waals surface area contributed by atoms with Crippen molar-refractivity contribution in [1.82, 2.24) is 5.32 Å². The van der Waals surface area contributed by atoms with Gasteiger partial charge >= 0.3 is 0 Å². The fraction of sp³-hybridized carbons (Fsp3) is 0.545. The summed E-state index contributed by atoms with van der Waals surface area (Å²) in [6, 6.07) is 3.60. The van der Waals surface area contributed by atoms with E-state index < -0.39 is 0 Å². The maximum atomic E-state index is 11.3. The molecule has 0 aromatic carbocycles. The molecule has 0 aliphatic carbocycles. The second-order valence-corrected chi connectivity index (χ2v) is 4.26. The van der Waals surface area contributed by atoms with Crippen LogP contribution in [-0.2, 0) is 16.1 Å². The Hall–Kier alpha value is -1.29. The highest BCUT2D eigenvalue weighted by atomic mass is 16.5. The molecule has 15 heavy (non-hydrogen) atoms. The minimum atomic E-state index is -0.290. The molecule has 1 aromatic heterocycles. The van der Waals surface area contributed by atoms with Crippen LogP contribution >= 0.6 is 0 Å². The molecule has 0 spiro atoms. The molecule has 1 rings (SSSR count). The molecule has 4 heteroatoms. The smallest absolute Gasteiger partial charge is 0.246 e. The van der Waals surface area contributed by atoms with Crippen LogP contribution in [0.5, 0.6) is 0 Å². The minimum absolute atomic E-state index is 0.0736. The number of rotatable bonds is 4. The van der Waals surface area contributed by atoms with Crippen molar-refractivity contribution < 1.29 is 13.9 Å². The average Bonchev–Trinajstić information content (AvgIpc) is 2.62. The van der Waals surface area contributed by atoms with Gasteiger partial charge in [-0.2, -0.15) is 0 Å². The van der Waals surface area contributed by atoms with Gasteiger partial charge in [0, 0.05) is 0 Å². The summed E-state index contributed by atoms with van der Waals surface area (Å²) >= 11 is 0. The van der Waals surface area contributed by atoms with Crippen LogP contribution in [0, 0.1) is 0 Å². The minimum Gasteiger partial charge on any atom is -0.467 e. The molecule has 84 valence electrons. The standard InChI is InChI=1S/C11H17NO3/c1-11(2,3)15-8-10(13)12-7-9-5-4-6-14-9/h4-6H,7-8H2,1-3H3,(H,12,13). The van der Waals surface area contributed by atoms with E-state index in [1.165, 1.54) is 0 Å². The van der Waals surface area contributed by atoms with Crippen molar-refractivity contribution in [2.75, 3.05) is 6.61 Å². The monoisotopic (exact) mass is 211 g/mol. The van der Waals surface area contributed by atoms with E-state index in [2.05, 4.69) is 5.32 Å². The molecule has 0 aliphatic heterocycles. The molecule has 0 saturated carbocycles. The number of hydrogen-bond acceptors (Lipinski definition) is 3. The number of amides is 1. The lowest BCUT2D eigenvalue weighted by molar-refractivity contribution is -0.130. The Morgan fingerprint density at radius 2 is 2.27 bits per heavy atom. The molecule has 0 aliphatic rings. The summed E-state index contributed by atoms with van der Waals surface area (Å²) in [6.45, 7) is 6.20. The Morgan fingerprint density at radius 1 is 1.53 bits per heavy atom. The Kier molecular flexibility index (Phi) is 3.91. The lowest BCUT2D eigenvalue weighted by Gasteiger charge is -2.18. The van der Waals surface area contributed by atoms with E-state index in [-0.39, 0.29) is 18.1 Å². The van der Waals surface area contributed by atoms with E-state index in [0.29, 0.717) is 6.54 Å². The molecule has 1 aromatic rings. The first-order chi connectivity index (χ1) is 6.97. The number of carbonyl (C=O) groups is 1.